The molecular formula is C50H40O3P2. The lowest BCUT2D eigenvalue weighted by atomic mass is 9.91. The molecule has 0 radical (unpaired) electrons. The zero-order chi connectivity index (χ0) is 38.0. The lowest BCUT2D eigenvalue weighted by molar-refractivity contribution is -0.114. The first-order chi connectivity index (χ1) is 26.9. The van der Waals surface area contributed by atoms with Crippen LogP contribution in [-0.2, 0) is 13.9 Å². The fraction of sp³-hybridized carbons (Fsp3) is 0.0600. The summed E-state index contributed by atoms with van der Waals surface area (Å²) in [5.74, 6) is 0.0324. The molecule has 0 aromatic heterocycles. The lowest BCUT2D eigenvalue weighted by Gasteiger charge is -2.29. The summed E-state index contributed by atoms with van der Waals surface area (Å²) < 4.78 is 33.1. The fourth-order valence-corrected chi connectivity index (χ4v) is 13.5. The Morgan fingerprint density at radius 3 is 1.29 bits per heavy atom. The molecule has 0 saturated carbocycles. The molecule has 0 N–H and O–H groups in total. The van der Waals surface area contributed by atoms with Crippen molar-refractivity contribution in [1.29, 1.82) is 0 Å². The summed E-state index contributed by atoms with van der Waals surface area (Å²) >= 11 is 0. The third kappa shape index (κ3) is 6.34. The van der Waals surface area contributed by atoms with E-state index in [1.165, 1.54) is 0 Å². The van der Waals surface area contributed by atoms with Gasteiger partial charge in [0, 0.05) is 49.4 Å². The van der Waals surface area contributed by atoms with E-state index in [2.05, 4.69) is 31.2 Å². The average molecular weight is 751 g/mol. The second-order valence-electron chi connectivity index (χ2n) is 13.7. The molecule has 8 aromatic rings. The molecule has 0 saturated heterocycles. The summed E-state index contributed by atoms with van der Waals surface area (Å²) in [5, 5.41) is 7.89. The molecule has 5 heteroatoms. The number of allylic oxidation sites excluding steroid dienone is 1. The van der Waals surface area contributed by atoms with Gasteiger partial charge in [-0.05, 0) is 57.8 Å². The van der Waals surface area contributed by atoms with Crippen LogP contribution in [0.4, 0.5) is 0 Å². The summed E-state index contributed by atoms with van der Waals surface area (Å²) in [7, 11) is -7.19. The summed E-state index contributed by atoms with van der Waals surface area (Å²) in [6.45, 7) is 3.95. The smallest absolute Gasteiger partial charge is 0.171 e. The van der Waals surface area contributed by atoms with E-state index in [0.29, 0.717) is 38.2 Å². The summed E-state index contributed by atoms with van der Waals surface area (Å²) in [6.07, 6.45) is 3.91. The van der Waals surface area contributed by atoms with Crippen molar-refractivity contribution >= 4 is 79.5 Å². The van der Waals surface area contributed by atoms with E-state index in [4.69, 9.17) is 0 Å². The van der Waals surface area contributed by atoms with E-state index in [9.17, 15) is 4.79 Å². The van der Waals surface area contributed by atoms with E-state index in [1.54, 1.807) is 6.08 Å². The maximum atomic E-state index is 16.6. The second-order valence-corrected chi connectivity index (χ2v) is 19.2. The van der Waals surface area contributed by atoms with E-state index in [1.807, 2.05) is 171 Å². The normalized spacial score (nSPS) is 12.0. The molecule has 0 aliphatic carbocycles. The van der Waals surface area contributed by atoms with Crippen LogP contribution in [0, 0.1) is 6.92 Å². The van der Waals surface area contributed by atoms with Crippen LogP contribution in [0.2, 0.25) is 0 Å². The maximum absolute atomic E-state index is 16.6. The van der Waals surface area contributed by atoms with E-state index >= 15 is 9.13 Å². The van der Waals surface area contributed by atoms with E-state index in [0.717, 1.165) is 43.8 Å². The molecule has 3 nitrogen and oxygen atoms in total. The Hall–Kier alpha value is -5.85. The molecule has 0 heterocycles. The summed E-state index contributed by atoms with van der Waals surface area (Å²) in [6, 6.07) is 59.4. The van der Waals surface area contributed by atoms with Gasteiger partial charge in [-0.3, -0.25) is 4.79 Å². The molecule has 0 bridgehead atoms. The SMILES string of the molecule is CCC(=O)/C=C/c1cccc2c(-c3c(P(=O)(c4ccccc4)c4ccccc4)ccc4c(C)cccc34)c(P(=O)(c3ccccc3)c3ccccc3)ccc12. The fourth-order valence-electron chi connectivity index (χ4n) is 7.78. The number of benzene rings is 8. The van der Waals surface area contributed by atoms with Gasteiger partial charge < -0.3 is 9.13 Å². The topological polar surface area (TPSA) is 51.2 Å². The highest BCUT2D eigenvalue weighted by Crippen LogP contribution is 2.52. The molecule has 0 atom stereocenters. The number of aryl methyl sites for hydroxylation is 1. The van der Waals surface area contributed by atoms with Gasteiger partial charge in [0.2, 0.25) is 0 Å². The Morgan fingerprint density at radius 1 is 0.455 bits per heavy atom. The first-order valence-electron chi connectivity index (χ1n) is 18.6. The van der Waals surface area contributed by atoms with E-state index in [-0.39, 0.29) is 5.78 Å². The molecule has 0 aliphatic rings. The Bertz CT molecular complexity index is 2720. The molecule has 0 aliphatic heterocycles. The maximum Gasteiger partial charge on any atom is 0.171 e. The minimum atomic E-state index is -3.60. The predicted octanol–water partition coefficient (Wildman–Crippen LogP) is 10.2. The molecule has 0 fully saturated rings. The van der Waals surface area contributed by atoms with Gasteiger partial charge in [0.15, 0.2) is 20.1 Å². The van der Waals surface area contributed by atoms with Crippen molar-refractivity contribution < 1.29 is 13.9 Å². The summed E-state index contributed by atoms with van der Waals surface area (Å²) in [5.41, 5.74) is 3.51. The van der Waals surface area contributed by atoms with Crippen molar-refractivity contribution in [2.75, 3.05) is 0 Å². The largest absolute Gasteiger partial charge is 0.309 e. The number of carbonyl (C=O) groups is 1. The lowest BCUT2D eigenvalue weighted by Crippen LogP contribution is -2.30. The van der Waals surface area contributed by atoms with Crippen LogP contribution in [0.25, 0.3) is 38.7 Å². The highest BCUT2D eigenvalue weighted by Gasteiger charge is 2.38. The zero-order valence-electron chi connectivity index (χ0n) is 30.8. The Labute approximate surface area is 322 Å². The Morgan fingerprint density at radius 2 is 0.855 bits per heavy atom. The van der Waals surface area contributed by atoms with Crippen molar-refractivity contribution in [2.24, 2.45) is 0 Å². The van der Waals surface area contributed by atoms with Gasteiger partial charge in [-0.25, -0.2) is 0 Å². The number of hydrogen-bond acceptors (Lipinski definition) is 3. The minimum Gasteiger partial charge on any atom is -0.309 e. The van der Waals surface area contributed by atoms with Gasteiger partial charge in [0.25, 0.3) is 0 Å². The molecule has 0 amide bonds. The van der Waals surface area contributed by atoms with Gasteiger partial charge >= 0.3 is 0 Å². The predicted molar refractivity (Wildman–Crippen MR) is 235 cm³/mol. The van der Waals surface area contributed by atoms with Crippen LogP contribution in [0.3, 0.4) is 0 Å². The second kappa shape index (κ2) is 15.1. The van der Waals surface area contributed by atoms with Crippen molar-refractivity contribution in [3.8, 4) is 11.1 Å². The van der Waals surface area contributed by atoms with Gasteiger partial charge in [-0.1, -0.05) is 183 Å². The standard InChI is InChI=1S/C50H40O3P2/c1-3-38(51)31-30-37-19-17-29-46-44(37)33-35-48(55(53,41-24-12-6-13-25-41)42-26-14-7-15-27-42)50(46)49-45-28-16-18-36(2)43(45)32-34-47(49)54(52,39-20-8-4-9-21-39)40-22-10-5-11-23-40/h4-35H,3H2,1-2H3/b31-30+. The summed E-state index contributed by atoms with van der Waals surface area (Å²) in [4.78, 5) is 12.6. The van der Waals surface area contributed by atoms with Crippen molar-refractivity contribution in [3.05, 3.63) is 199 Å². The molecule has 268 valence electrons. The van der Waals surface area contributed by atoms with Gasteiger partial charge in [0.1, 0.15) is 0 Å². The van der Waals surface area contributed by atoms with Crippen molar-refractivity contribution in [2.45, 2.75) is 20.3 Å². The highest BCUT2D eigenvalue weighted by atomic mass is 31.2. The van der Waals surface area contributed by atoms with Gasteiger partial charge in [-0.2, -0.15) is 0 Å². The van der Waals surface area contributed by atoms with Crippen LogP contribution >= 0.6 is 14.3 Å². The Kier molecular flexibility index (Phi) is 9.93. The highest BCUT2D eigenvalue weighted by molar-refractivity contribution is 7.86. The van der Waals surface area contributed by atoms with Crippen LogP contribution in [0.15, 0.2) is 188 Å². The third-order valence-electron chi connectivity index (χ3n) is 10.5. The quantitative estimate of drug-likeness (QED) is 0.103. The number of ketones is 1. The third-order valence-corrected chi connectivity index (χ3v) is 16.7. The van der Waals surface area contributed by atoms with Crippen LogP contribution in [0.1, 0.15) is 24.5 Å². The van der Waals surface area contributed by atoms with E-state index < -0.39 is 14.3 Å². The minimum absolute atomic E-state index is 0.0324. The molecule has 0 unspecified atom stereocenters. The average Bonchev–Trinajstić information content (AvgIpc) is 3.25. The molecule has 0 spiro atoms. The van der Waals surface area contributed by atoms with Crippen LogP contribution in [0.5, 0.6) is 0 Å². The first kappa shape index (κ1) is 36.1. The first-order valence-corrected chi connectivity index (χ1v) is 22.0. The Balaban J connectivity index is 1.61. The number of carbonyl (C=O) groups excluding carboxylic acids is 1. The van der Waals surface area contributed by atoms with Gasteiger partial charge in [0.05, 0.1) is 0 Å². The monoisotopic (exact) mass is 750 g/mol. The number of fused-ring (bicyclic) bond motifs is 2. The number of hydrogen-bond donors (Lipinski definition) is 0. The van der Waals surface area contributed by atoms with Crippen molar-refractivity contribution in [1.82, 2.24) is 0 Å². The van der Waals surface area contributed by atoms with Crippen LogP contribution < -0.4 is 31.8 Å². The zero-order valence-corrected chi connectivity index (χ0v) is 32.6. The van der Waals surface area contributed by atoms with Gasteiger partial charge in [-0.15, -0.1) is 0 Å². The molecule has 8 rings (SSSR count). The van der Waals surface area contributed by atoms with Crippen LogP contribution in [-0.4, -0.2) is 5.78 Å². The number of rotatable bonds is 10. The molecular weight excluding hydrogens is 710 g/mol. The van der Waals surface area contributed by atoms with Crippen molar-refractivity contribution in [3.63, 3.8) is 0 Å². The molecule has 55 heavy (non-hydrogen) atoms. The molecule has 8 aromatic carbocycles.